The van der Waals surface area contributed by atoms with E-state index in [-0.39, 0.29) is 0 Å². The van der Waals surface area contributed by atoms with E-state index in [1.54, 1.807) is 18.4 Å². The molecule has 2 heterocycles. The zero-order valence-electron chi connectivity index (χ0n) is 6.41. The highest BCUT2D eigenvalue weighted by Gasteiger charge is 2.10. The van der Waals surface area contributed by atoms with Crippen molar-refractivity contribution in [2.45, 2.75) is 0 Å². The van der Waals surface area contributed by atoms with Crippen molar-refractivity contribution in [2.75, 3.05) is 0 Å². The molecule has 0 bridgehead atoms. The monoisotopic (exact) mass is 237 g/mol. The summed E-state index contributed by atoms with van der Waals surface area (Å²) in [7, 11) is 0. The standard InChI is InChI=1S/C8H4BrN3O/c9-7-5(4-10)11-8(12-7)6-2-1-3-13-6/h1-3H,(H,11,12). The maximum Gasteiger partial charge on any atom is 0.175 e. The van der Waals surface area contributed by atoms with Gasteiger partial charge in [-0.1, -0.05) is 0 Å². The lowest BCUT2D eigenvalue weighted by molar-refractivity contribution is 0.578. The molecule has 13 heavy (non-hydrogen) atoms. The molecule has 2 aromatic heterocycles. The van der Waals surface area contributed by atoms with Crippen molar-refractivity contribution in [3.8, 4) is 17.7 Å². The van der Waals surface area contributed by atoms with E-state index in [1.807, 2.05) is 6.07 Å². The van der Waals surface area contributed by atoms with Gasteiger partial charge in [0.25, 0.3) is 0 Å². The molecule has 0 atom stereocenters. The quantitative estimate of drug-likeness (QED) is 0.828. The second-order valence-corrected chi connectivity index (χ2v) is 3.13. The van der Waals surface area contributed by atoms with Crippen molar-refractivity contribution < 1.29 is 4.42 Å². The fourth-order valence-corrected chi connectivity index (χ4v) is 1.32. The number of furan rings is 1. The SMILES string of the molecule is N#Cc1nc(-c2ccco2)[nH]c1Br. The van der Waals surface area contributed by atoms with Gasteiger partial charge in [0.2, 0.25) is 0 Å². The minimum absolute atomic E-state index is 0.325. The molecule has 2 rings (SSSR count). The third kappa shape index (κ3) is 1.36. The summed E-state index contributed by atoms with van der Waals surface area (Å²) in [6, 6.07) is 5.48. The van der Waals surface area contributed by atoms with Crippen LogP contribution >= 0.6 is 15.9 Å². The number of imidazole rings is 1. The highest BCUT2D eigenvalue weighted by atomic mass is 79.9. The molecule has 64 valence electrons. The molecule has 0 amide bonds. The number of hydrogen-bond acceptors (Lipinski definition) is 3. The van der Waals surface area contributed by atoms with Crippen molar-refractivity contribution in [1.82, 2.24) is 9.97 Å². The first-order valence-corrected chi connectivity index (χ1v) is 4.30. The summed E-state index contributed by atoms with van der Waals surface area (Å²) in [5.41, 5.74) is 0.325. The van der Waals surface area contributed by atoms with Crippen LogP contribution in [-0.4, -0.2) is 9.97 Å². The third-order valence-electron chi connectivity index (χ3n) is 1.52. The van der Waals surface area contributed by atoms with Crippen LogP contribution in [0.1, 0.15) is 5.69 Å². The Labute approximate surface area is 82.3 Å². The molecular formula is C8H4BrN3O. The van der Waals surface area contributed by atoms with Gasteiger partial charge in [-0.15, -0.1) is 0 Å². The zero-order valence-corrected chi connectivity index (χ0v) is 8.00. The van der Waals surface area contributed by atoms with Crippen LogP contribution in [0.4, 0.5) is 0 Å². The van der Waals surface area contributed by atoms with Gasteiger partial charge >= 0.3 is 0 Å². The van der Waals surface area contributed by atoms with Crippen LogP contribution in [0.25, 0.3) is 11.6 Å². The highest BCUT2D eigenvalue weighted by molar-refractivity contribution is 9.10. The highest BCUT2D eigenvalue weighted by Crippen LogP contribution is 2.21. The number of halogens is 1. The van der Waals surface area contributed by atoms with Gasteiger partial charge in [-0.3, -0.25) is 0 Å². The average Bonchev–Trinajstić information content (AvgIpc) is 2.71. The summed E-state index contributed by atoms with van der Waals surface area (Å²) in [6.45, 7) is 0. The third-order valence-corrected chi connectivity index (χ3v) is 2.09. The topological polar surface area (TPSA) is 65.6 Å². The first-order chi connectivity index (χ1) is 6.31. The molecule has 0 saturated carbocycles. The van der Waals surface area contributed by atoms with E-state index in [2.05, 4.69) is 25.9 Å². The molecule has 0 radical (unpaired) electrons. The van der Waals surface area contributed by atoms with Crippen molar-refractivity contribution in [3.05, 3.63) is 28.7 Å². The summed E-state index contributed by atoms with van der Waals surface area (Å²) in [6.07, 6.45) is 1.55. The summed E-state index contributed by atoms with van der Waals surface area (Å²) in [5, 5.41) is 8.64. The largest absolute Gasteiger partial charge is 0.461 e. The van der Waals surface area contributed by atoms with Gasteiger partial charge in [-0.05, 0) is 28.1 Å². The van der Waals surface area contributed by atoms with Crippen LogP contribution in [0.15, 0.2) is 27.4 Å². The summed E-state index contributed by atoms with van der Waals surface area (Å²) >= 11 is 3.18. The smallest absolute Gasteiger partial charge is 0.175 e. The molecule has 1 N–H and O–H groups in total. The van der Waals surface area contributed by atoms with Gasteiger partial charge < -0.3 is 9.40 Å². The molecule has 0 saturated heterocycles. The van der Waals surface area contributed by atoms with E-state index in [0.29, 0.717) is 21.9 Å². The van der Waals surface area contributed by atoms with Crippen LogP contribution in [0.2, 0.25) is 0 Å². The van der Waals surface area contributed by atoms with Crippen LogP contribution in [0.5, 0.6) is 0 Å². The fourth-order valence-electron chi connectivity index (χ4n) is 0.956. The number of aromatic nitrogens is 2. The average molecular weight is 238 g/mol. The van der Waals surface area contributed by atoms with Gasteiger partial charge in [0.15, 0.2) is 17.3 Å². The molecule has 0 aliphatic carbocycles. The maximum atomic E-state index is 8.64. The van der Waals surface area contributed by atoms with E-state index in [1.165, 1.54) is 0 Å². The predicted molar refractivity (Wildman–Crippen MR) is 48.7 cm³/mol. The lowest BCUT2D eigenvalue weighted by Crippen LogP contribution is -1.75. The second kappa shape index (κ2) is 3.07. The van der Waals surface area contributed by atoms with Gasteiger partial charge in [0.05, 0.1) is 6.26 Å². The lowest BCUT2D eigenvalue weighted by atomic mass is 10.4. The number of aromatic amines is 1. The minimum Gasteiger partial charge on any atom is -0.461 e. The Balaban J connectivity index is 2.50. The molecular weight excluding hydrogens is 234 g/mol. The van der Waals surface area contributed by atoms with Crippen molar-refractivity contribution in [3.63, 3.8) is 0 Å². The molecule has 0 aliphatic heterocycles. The summed E-state index contributed by atoms with van der Waals surface area (Å²) in [5.74, 6) is 1.16. The Bertz CT molecular complexity index is 452. The van der Waals surface area contributed by atoms with E-state index in [9.17, 15) is 0 Å². The molecule has 5 heteroatoms. The Morgan fingerprint density at radius 2 is 2.46 bits per heavy atom. The molecule has 4 nitrogen and oxygen atoms in total. The maximum absolute atomic E-state index is 8.64. The molecule has 0 unspecified atom stereocenters. The molecule has 0 fully saturated rings. The van der Waals surface area contributed by atoms with Crippen molar-refractivity contribution in [2.24, 2.45) is 0 Å². The number of H-pyrrole nitrogens is 1. The fraction of sp³-hybridized carbons (Fsp3) is 0. The first kappa shape index (κ1) is 8.08. The number of nitriles is 1. The Hall–Kier alpha value is -1.54. The number of nitrogens with zero attached hydrogens (tertiary/aromatic N) is 2. The van der Waals surface area contributed by atoms with Crippen molar-refractivity contribution >= 4 is 15.9 Å². The van der Waals surface area contributed by atoms with E-state index in [0.717, 1.165) is 0 Å². The zero-order chi connectivity index (χ0) is 9.26. The minimum atomic E-state index is 0.325. The Morgan fingerprint density at radius 3 is 3.00 bits per heavy atom. The second-order valence-electron chi connectivity index (χ2n) is 2.34. The summed E-state index contributed by atoms with van der Waals surface area (Å²) < 4.78 is 5.68. The van der Waals surface area contributed by atoms with Crippen LogP contribution < -0.4 is 0 Å². The van der Waals surface area contributed by atoms with Crippen LogP contribution in [-0.2, 0) is 0 Å². The van der Waals surface area contributed by atoms with E-state index in [4.69, 9.17) is 9.68 Å². The van der Waals surface area contributed by atoms with Gasteiger partial charge in [0, 0.05) is 0 Å². The van der Waals surface area contributed by atoms with E-state index >= 15 is 0 Å². The number of nitrogens with one attached hydrogen (secondary N) is 1. The van der Waals surface area contributed by atoms with Crippen molar-refractivity contribution in [1.29, 1.82) is 5.26 Å². The summed E-state index contributed by atoms with van der Waals surface area (Å²) in [4.78, 5) is 6.90. The Morgan fingerprint density at radius 1 is 1.62 bits per heavy atom. The van der Waals surface area contributed by atoms with Gasteiger partial charge in [-0.2, -0.15) is 5.26 Å². The normalized spacial score (nSPS) is 9.85. The van der Waals surface area contributed by atoms with Crippen LogP contribution in [0, 0.1) is 11.3 Å². The number of rotatable bonds is 1. The lowest BCUT2D eigenvalue weighted by Gasteiger charge is -1.85. The molecule has 2 aromatic rings. The molecule has 0 spiro atoms. The van der Waals surface area contributed by atoms with Gasteiger partial charge in [0.1, 0.15) is 10.7 Å². The predicted octanol–water partition coefficient (Wildman–Crippen LogP) is 2.30. The first-order valence-electron chi connectivity index (χ1n) is 3.50. The van der Waals surface area contributed by atoms with E-state index < -0.39 is 0 Å². The Kier molecular flexibility index (Phi) is 1.91. The molecule has 0 aromatic carbocycles. The number of hydrogen-bond donors (Lipinski definition) is 1. The van der Waals surface area contributed by atoms with Gasteiger partial charge in [-0.25, -0.2) is 4.98 Å². The molecule has 0 aliphatic rings. The van der Waals surface area contributed by atoms with Crippen LogP contribution in [0.3, 0.4) is 0 Å².